The zero-order chi connectivity index (χ0) is 23.8. The highest BCUT2D eigenvalue weighted by atomic mass is 32.2. The van der Waals surface area contributed by atoms with Crippen molar-refractivity contribution in [2.45, 2.75) is 48.5 Å². The van der Waals surface area contributed by atoms with Crippen molar-refractivity contribution in [2.24, 2.45) is 5.14 Å². The quantitative estimate of drug-likeness (QED) is 0.555. The van der Waals surface area contributed by atoms with Crippen LogP contribution in [0.1, 0.15) is 18.4 Å². The molecule has 0 spiro atoms. The van der Waals surface area contributed by atoms with Gasteiger partial charge in [0.2, 0.25) is 21.9 Å². The van der Waals surface area contributed by atoms with Gasteiger partial charge in [0.25, 0.3) is 0 Å². The number of aliphatic hydroxyl groups excluding tert-OH is 1. The first-order chi connectivity index (χ1) is 14.8. The van der Waals surface area contributed by atoms with E-state index < -0.39 is 87.4 Å². The van der Waals surface area contributed by atoms with Gasteiger partial charge in [0.15, 0.2) is 0 Å². The summed E-state index contributed by atoms with van der Waals surface area (Å²) < 4.78 is 109. The van der Waals surface area contributed by atoms with Gasteiger partial charge in [-0.2, -0.15) is 18.2 Å². The first kappa shape index (κ1) is 24.0. The van der Waals surface area contributed by atoms with Gasteiger partial charge in [0.1, 0.15) is 29.8 Å². The van der Waals surface area contributed by atoms with Crippen LogP contribution in [-0.4, -0.2) is 48.0 Å². The smallest absolute Gasteiger partial charge is 0.423 e. The predicted molar refractivity (Wildman–Crippen MR) is 97.5 cm³/mol. The molecule has 1 heterocycles. The molecule has 1 aliphatic rings. The van der Waals surface area contributed by atoms with E-state index in [0.29, 0.717) is 12.3 Å². The van der Waals surface area contributed by atoms with Crippen molar-refractivity contribution in [1.29, 1.82) is 0 Å². The van der Waals surface area contributed by atoms with Crippen LogP contribution in [0.5, 0.6) is 5.88 Å². The molecule has 15 heteroatoms. The number of alkyl halides is 5. The second-order valence-electron chi connectivity index (χ2n) is 6.95. The molecule has 176 valence electrons. The van der Waals surface area contributed by atoms with Gasteiger partial charge in [-0.25, -0.2) is 31.7 Å². The Kier molecular flexibility index (Phi) is 6.53. The number of hydrogen-bond donors (Lipinski definition) is 3. The maximum absolute atomic E-state index is 14.2. The third-order valence-corrected chi connectivity index (χ3v) is 5.49. The third-order valence-electron chi connectivity index (χ3n) is 4.58. The summed E-state index contributed by atoms with van der Waals surface area (Å²) in [5, 5.41) is 17.0. The molecular weight excluding hydrogens is 470 g/mol. The maximum Gasteiger partial charge on any atom is 0.423 e. The number of primary sulfonamides is 1. The summed E-state index contributed by atoms with van der Waals surface area (Å²) in [6, 6.07) is 2.46. The molecule has 0 bridgehead atoms. The molecule has 1 fully saturated rings. The number of ether oxygens (including phenoxy) is 1. The molecule has 0 radical (unpaired) electrons. The summed E-state index contributed by atoms with van der Waals surface area (Å²) in [6.45, 7) is 0. The average Bonchev–Trinajstić information content (AvgIpc) is 2.66. The van der Waals surface area contributed by atoms with Gasteiger partial charge in [-0.15, -0.1) is 0 Å². The summed E-state index contributed by atoms with van der Waals surface area (Å²) in [4.78, 5) is 6.40. The summed E-state index contributed by atoms with van der Waals surface area (Å²) in [7, 11) is -4.20. The fourth-order valence-corrected chi connectivity index (χ4v) is 3.46. The van der Waals surface area contributed by atoms with Gasteiger partial charge in [0, 0.05) is 19.0 Å². The fourth-order valence-electron chi connectivity index (χ4n) is 2.93. The zero-order valence-corrected chi connectivity index (χ0v) is 16.7. The highest BCUT2D eigenvalue weighted by Crippen LogP contribution is 2.37. The number of sulfonamides is 1. The molecule has 4 atom stereocenters. The van der Waals surface area contributed by atoms with Gasteiger partial charge in [0.05, 0.1) is 16.7 Å². The van der Waals surface area contributed by atoms with Crippen LogP contribution >= 0.6 is 0 Å². The van der Waals surface area contributed by atoms with Crippen LogP contribution in [0.3, 0.4) is 0 Å². The summed E-state index contributed by atoms with van der Waals surface area (Å²) in [6.07, 6.45) is -13.2. The van der Waals surface area contributed by atoms with E-state index in [9.17, 15) is 39.9 Å². The number of aromatic nitrogens is 2. The van der Waals surface area contributed by atoms with E-state index in [1.165, 1.54) is 0 Å². The zero-order valence-electron chi connectivity index (χ0n) is 15.9. The number of nitrogens with one attached hydrogen (secondary N) is 1. The second-order valence-corrected chi connectivity index (χ2v) is 8.51. The normalized spacial score (nSPS) is 24.2. The molecule has 0 saturated heterocycles. The van der Waals surface area contributed by atoms with E-state index in [1.54, 1.807) is 0 Å². The molecule has 1 aromatic heterocycles. The molecule has 8 nitrogen and oxygen atoms in total. The van der Waals surface area contributed by atoms with Crippen molar-refractivity contribution in [2.75, 3.05) is 5.32 Å². The number of anilines is 2. The van der Waals surface area contributed by atoms with Crippen LogP contribution in [0, 0.1) is 5.82 Å². The molecule has 4 N–H and O–H groups in total. The number of halogens is 6. The second kappa shape index (κ2) is 8.71. The van der Waals surface area contributed by atoms with Crippen LogP contribution in [0.2, 0.25) is 0 Å². The van der Waals surface area contributed by atoms with Gasteiger partial charge in [-0.3, -0.25) is 0 Å². The van der Waals surface area contributed by atoms with Crippen LogP contribution < -0.4 is 15.2 Å². The Morgan fingerprint density at radius 3 is 2.44 bits per heavy atom. The molecule has 0 unspecified atom stereocenters. The lowest BCUT2D eigenvalue weighted by atomic mass is 9.91. The first-order valence-electron chi connectivity index (χ1n) is 8.92. The van der Waals surface area contributed by atoms with Crippen molar-refractivity contribution in [1.82, 2.24) is 9.97 Å². The lowest BCUT2D eigenvalue weighted by Crippen LogP contribution is -2.44. The molecule has 0 amide bonds. The molecule has 0 aliphatic heterocycles. The van der Waals surface area contributed by atoms with E-state index in [4.69, 9.17) is 9.88 Å². The third kappa shape index (κ3) is 5.39. The number of hydrogen-bond acceptors (Lipinski definition) is 7. The van der Waals surface area contributed by atoms with E-state index in [2.05, 4.69) is 15.3 Å². The molecular formula is C17H16F6N4O4S. The molecule has 3 rings (SSSR count). The van der Waals surface area contributed by atoms with E-state index >= 15 is 0 Å². The highest BCUT2D eigenvalue weighted by molar-refractivity contribution is 7.89. The average molecular weight is 486 g/mol. The minimum atomic E-state index is -4.99. The standard InChI is InChI=1S/C17H16F6N4O4S/c18-9-4-13(28)14(5-10(9)19)31-15-8(17(21,22)23)6-25-16(27-15)26-12-2-1-7(3-11(12)20)32(24,29)30/h1-3,6,9-10,13-14,28H,4-5H2,(H2,24,29,30)(H,25,26,27)/t9-,10+,13-,14+/m0/s1. The predicted octanol–water partition coefficient (Wildman–Crippen LogP) is 2.60. The van der Waals surface area contributed by atoms with Crippen LogP contribution in [0.15, 0.2) is 29.3 Å². The van der Waals surface area contributed by atoms with E-state index in [0.717, 1.165) is 12.1 Å². The topological polar surface area (TPSA) is 127 Å². The Morgan fingerprint density at radius 1 is 1.19 bits per heavy atom. The minimum Gasteiger partial charge on any atom is -0.471 e. The Bertz CT molecular complexity index is 1100. The van der Waals surface area contributed by atoms with Crippen LogP contribution in [0.4, 0.5) is 38.0 Å². The van der Waals surface area contributed by atoms with Crippen LogP contribution in [-0.2, 0) is 16.2 Å². The molecule has 32 heavy (non-hydrogen) atoms. The molecule has 1 aliphatic carbocycles. The first-order valence-corrected chi connectivity index (χ1v) is 10.5. The Labute approximate surface area is 177 Å². The van der Waals surface area contributed by atoms with Crippen molar-refractivity contribution < 1.29 is 44.6 Å². The number of nitrogens with zero attached hydrogens (tertiary/aromatic N) is 2. The largest absolute Gasteiger partial charge is 0.471 e. The van der Waals surface area contributed by atoms with Gasteiger partial charge in [-0.1, -0.05) is 0 Å². The van der Waals surface area contributed by atoms with Crippen molar-refractivity contribution >= 4 is 21.7 Å². The van der Waals surface area contributed by atoms with E-state index in [1.807, 2.05) is 0 Å². The molecule has 1 saturated carbocycles. The maximum atomic E-state index is 14.2. The Balaban J connectivity index is 1.91. The van der Waals surface area contributed by atoms with E-state index in [-0.39, 0.29) is 0 Å². The SMILES string of the molecule is NS(=O)(=O)c1ccc(Nc2ncc(C(F)(F)F)c(O[C@@H]3C[C@@H](F)[C@@H](F)C[C@@H]3O)n2)c(F)c1. The highest BCUT2D eigenvalue weighted by Gasteiger charge is 2.41. The Morgan fingerprint density at radius 2 is 1.84 bits per heavy atom. The van der Waals surface area contributed by atoms with Gasteiger partial charge in [-0.05, 0) is 18.2 Å². The van der Waals surface area contributed by atoms with Crippen molar-refractivity contribution in [3.05, 3.63) is 35.8 Å². The molecule has 1 aromatic carbocycles. The minimum absolute atomic E-state index is 0.321. The summed E-state index contributed by atoms with van der Waals surface area (Å²) >= 11 is 0. The number of rotatable bonds is 5. The summed E-state index contributed by atoms with van der Waals surface area (Å²) in [5.41, 5.74) is -1.86. The van der Waals surface area contributed by atoms with Crippen LogP contribution in [0.25, 0.3) is 0 Å². The lowest BCUT2D eigenvalue weighted by molar-refractivity contribution is -0.141. The summed E-state index contributed by atoms with van der Waals surface area (Å²) in [5.74, 6) is -2.80. The lowest BCUT2D eigenvalue weighted by Gasteiger charge is -2.32. The van der Waals surface area contributed by atoms with Gasteiger partial charge >= 0.3 is 6.18 Å². The number of aliphatic hydroxyl groups is 1. The molecule has 2 aromatic rings. The Hall–Kier alpha value is -2.65. The number of benzene rings is 1. The monoisotopic (exact) mass is 486 g/mol. The van der Waals surface area contributed by atoms with Crippen molar-refractivity contribution in [3.63, 3.8) is 0 Å². The fraction of sp³-hybridized carbons (Fsp3) is 0.412. The van der Waals surface area contributed by atoms with Gasteiger partial charge < -0.3 is 15.2 Å². The van der Waals surface area contributed by atoms with Crippen molar-refractivity contribution in [3.8, 4) is 5.88 Å². The number of nitrogens with two attached hydrogens (primary N) is 1.